The average molecular weight is 398 g/mol. The van der Waals surface area contributed by atoms with E-state index in [1.165, 1.54) is 12.1 Å². The van der Waals surface area contributed by atoms with Gasteiger partial charge in [0.05, 0.1) is 6.61 Å². The normalized spacial score (nSPS) is 19.9. The topological polar surface area (TPSA) is 89.1 Å². The van der Waals surface area contributed by atoms with Gasteiger partial charge in [-0.3, -0.25) is 0 Å². The second-order valence-corrected chi connectivity index (χ2v) is 6.57. The van der Waals surface area contributed by atoms with Crippen molar-refractivity contribution in [3.8, 4) is 5.75 Å². The van der Waals surface area contributed by atoms with Gasteiger partial charge in [-0.05, 0) is 56.2 Å². The third-order valence-corrected chi connectivity index (χ3v) is 4.68. The Labute approximate surface area is 159 Å². The smallest absolute Gasteiger partial charge is 0.461 e. The molecule has 0 bridgehead atoms. The number of carbonyl (C=O) groups excluding carboxylic acids is 1. The van der Waals surface area contributed by atoms with Crippen molar-refractivity contribution in [3.05, 3.63) is 35.5 Å². The fourth-order valence-corrected chi connectivity index (χ4v) is 3.38. The summed E-state index contributed by atoms with van der Waals surface area (Å²) in [5.74, 6) is -0.0932. The summed E-state index contributed by atoms with van der Waals surface area (Å²) in [5.41, 5.74) is 1.19. The highest BCUT2D eigenvalue weighted by Gasteiger charge is 2.31. The van der Waals surface area contributed by atoms with Crippen LogP contribution in [0.2, 0.25) is 0 Å². The minimum Gasteiger partial charge on any atom is -0.461 e. The Morgan fingerprint density at radius 3 is 2.50 bits per heavy atom. The summed E-state index contributed by atoms with van der Waals surface area (Å²) < 4.78 is 45.6. The Hall–Kier alpha value is -2.78. The van der Waals surface area contributed by atoms with Crippen molar-refractivity contribution in [2.45, 2.75) is 50.9 Å². The van der Waals surface area contributed by atoms with Crippen LogP contribution in [-0.4, -0.2) is 40.4 Å². The van der Waals surface area contributed by atoms with E-state index in [9.17, 15) is 18.0 Å². The zero-order valence-corrected chi connectivity index (χ0v) is 15.3. The number of aromatic amines is 1. The highest BCUT2D eigenvalue weighted by Crippen LogP contribution is 2.35. The standard InChI is InChI=1S/C18H21F3N4O3/c1-2-27-17(26)15-16(24-25-23-15)22-13-7-3-11(4-8-13)12-5-9-14(10-6-12)28-18(19,20)21/h5-6,9-11,13H,2-4,7-8H2,1H3,(H2,22,23,24,25)/t11-,13+. The summed E-state index contributed by atoms with van der Waals surface area (Å²) >= 11 is 0. The predicted molar refractivity (Wildman–Crippen MR) is 94.1 cm³/mol. The van der Waals surface area contributed by atoms with Crippen LogP contribution in [0.4, 0.5) is 19.0 Å². The lowest BCUT2D eigenvalue weighted by Crippen LogP contribution is -2.26. The first-order valence-corrected chi connectivity index (χ1v) is 9.06. The molecule has 0 unspecified atom stereocenters. The number of aromatic nitrogens is 3. The van der Waals surface area contributed by atoms with Gasteiger partial charge in [-0.15, -0.1) is 18.3 Å². The first-order chi connectivity index (χ1) is 13.4. The van der Waals surface area contributed by atoms with E-state index in [0.29, 0.717) is 5.82 Å². The third-order valence-electron chi connectivity index (χ3n) is 4.68. The van der Waals surface area contributed by atoms with Crippen molar-refractivity contribution >= 4 is 11.8 Å². The Bertz CT molecular complexity index is 784. The van der Waals surface area contributed by atoms with Crippen molar-refractivity contribution in [1.82, 2.24) is 15.4 Å². The van der Waals surface area contributed by atoms with Gasteiger partial charge in [0.25, 0.3) is 0 Å². The van der Waals surface area contributed by atoms with Gasteiger partial charge >= 0.3 is 12.3 Å². The van der Waals surface area contributed by atoms with E-state index in [1.807, 2.05) is 0 Å². The zero-order chi connectivity index (χ0) is 20.1. The van der Waals surface area contributed by atoms with Crippen LogP contribution in [0.3, 0.4) is 0 Å². The van der Waals surface area contributed by atoms with Gasteiger partial charge in [0.1, 0.15) is 5.75 Å². The largest absolute Gasteiger partial charge is 0.573 e. The molecule has 0 saturated heterocycles. The lowest BCUT2D eigenvalue weighted by Gasteiger charge is -2.29. The molecule has 1 aromatic carbocycles. The van der Waals surface area contributed by atoms with Gasteiger partial charge in [-0.1, -0.05) is 17.3 Å². The van der Waals surface area contributed by atoms with Crippen molar-refractivity contribution in [3.63, 3.8) is 0 Å². The second-order valence-electron chi connectivity index (χ2n) is 6.57. The van der Waals surface area contributed by atoms with E-state index in [4.69, 9.17) is 4.74 Å². The Kier molecular flexibility index (Phi) is 6.05. The molecule has 3 rings (SSSR count). The van der Waals surface area contributed by atoms with Crippen LogP contribution in [0.15, 0.2) is 24.3 Å². The number of carbonyl (C=O) groups is 1. The summed E-state index contributed by atoms with van der Waals surface area (Å²) in [5, 5.41) is 13.3. The van der Waals surface area contributed by atoms with Gasteiger partial charge in [-0.2, -0.15) is 0 Å². The van der Waals surface area contributed by atoms with E-state index < -0.39 is 12.3 Å². The molecular weight excluding hydrogens is 377 g/mol. The van der Waals surface area contributed by atoms with E-state index in [-0.39, 0.29) is 30.0 Å². The first-order valence-electron chi connectivity index (χ1n) is 9.06. The summed E-state index contributed by atoms with van der Waals surface area (Å²) in [4.78, 5) is 11.9. The molecule has 28 heavy (non-hydrogen) atoms. The number of anilines is 1. The lowest BCUT2D eigenvalue weighted by molar-refractivity contribution is -0.274. The number of alkyl halides is 3. The maximum atomic E-state index is 12.2. The second kappa shape index (κ2) is 8.49. The number of nitrogens with zero attached hydrogens (tertiary/aromatic N) is 2. The molecule has 7 nitrogen and oxygen atoms in total. The predicted octanol–water partition coefficient (Wildman–Crippen LogP) is 4.02. The Morgan fingerprint density at radius 2 is 1.89 bits per heavy atom. The quantitative estimate of drug-likeness (QED) is 0.715. The lowest BCUT2D eigenvalue weighted by atomic mass is 9.82. The third kappa shape index (κ3) is 5.14. The van der Waals surface area contributed by atoms with Crippen molar-refractivity contribution in [2.24, 2.45) is 0 Å². The molecular formula is C18H21F3N4O3. The van der Waals surface area contributed by atoms with Crippen LogP contribution in [0, 0.1) is 0 Å². The number of halogens is 3. The summed E-state index contributed by atoms with van der Waals surface area (Å²) in [7, 11) is 0. The molecule has 1 heterocycles. The van der Waals surface area contributed by atoms with Gasteiger partial charge in [0, 0.05) is 6.04 Å². The highest BCUT2D eigenvalue weighted by molar-refractivity contribution is 5.92. The summed E-state index contributed by atoms with van der Waals surface area (Å²) in [6, 6.07) is 6.16. The number of H-pyrrole nitrogens is 1. The zero-order valence-electron chi connectivity index (χ0n) is 15.3. The fraction of sp³-hybridized carbons (Fsp3) is 0.500. The van der Waals surface area contributed by atoms with Crippen LogP contribution < -0.4 is 10.1 Å². The van der Waals surface area contributed by atoms with Crippen molar-refractivity contribution in [1.29, 1.82) is 0 Å². The highest BCUT2D eigenvalue weighted by atomic mass is 19.4. The molecule has 1 saturated carbocycles. The molecule has 0 spiro atoms. The summed E-state index contributed by atoms with van der Waals surface area (Å²) in [6.07, 6.45) is -1.29. The molecule has 0 radical (unpaired) electrons. The molecule has 1 fully saturated rings. The Morgan fingerprint density at radius 1 is 1.21 bits per heavy atom. The van der Waals surface area contributed by atoms with Gasteiger partial charge in [0.2, 0.25) is 0 Å². The molecule has 0 aliphatic heterocycles. The maximum Gasteiger partial charge on any atom is 0.573 e. The van der Waals surface area contributed by atoms with Gasteiger partial charge in [-0.25, -0.2) is 9.89 Å². The number of hydrogen-bond acceptors (Lipinski definition) is 6. The van der Waals surface area contributed by atoms with E-state index in [2.05, 4.69) is 25.5 Å². The number of hydrogen-bond donors (Lipinski definition) is 2. The minimum absolute atomic E-state index is 0.127. The van der Waals surface area contributed by atoms with Crippen LogP contribution in [0.1, 0.15) is 54.6 Å². The van der Waals surface area contributed by atoms with E-state index in [1.54, 1.807) is 19.1 Å². The molecule has 0 atom stereocenters. The average Bonchev–Trinajstić information content (AvgIpc) is 3.10. The van der Waals surface area contributed by atoms with Crippen molar-refractivity contribution < 1.29 is 27.4 Å². The molecule has 1 aromatic heterocycles. The maximum absolute atomic E-state index is 12.2. The minimum atomic E-state index is -4.69. The number of benzene rings is 1. The molecule has 10 heteroatoms. The summed E-state index contributed by atoms with van der Waals surface area (Å²) in [6.45, 7) is 1.98. The van der Waals surface area contributed by atoms with Crippen LogP contribution >= 0.6 is 0 Å². The number of nitrogens with one attached hydrogen (secondary N) is 2. The van der Waals surface area contributed by atoms with E-state index >= 15 is 0 Å². The molecule has 0 amide bonds. The molecule has 2 aromatic rings. The fourth-order valence-electron chi connectivity index (χ4n) is 3.38. The molecule has 152 valence electrons. The molecule has 2 N–H and O–H groups in total. The van der Waals surface area contributed by atoms with Crippen LogP contribution in [-0.2, 0) is 4.74 Å². The Balaban J connectivity index is 1.54. The molecule has 1 aliphatic rings. The van der Waals surface area contributed by atoms with Crippen molar-refractivity contribution in [2.75, 3.05) is 11.9 Å². The number of esters is 1. The monoisotopic (exact) mass is 398 g/mol. The van der Waals surface area contributed by atoms with Gasteiger partial charge < -0.3 is 14.8 Å². The SMILES string of the molecule is CCOC(=O)c1[nH]nnc1N[C@H]1CC[C@@H](c2ccc(OC(F)(F)F)cc2)CC1. The number of ether oxygens (including phenoxy) is 2. The number of rotatable bonds is 6. The molecule has 1 aliphatic carbocycles. The van der Waals surface area contributed by atoms with Gasteiger partial charge in [0.15, 0.2) is 11.5 Å². The van der Waals surface area contributed by atoms with Crippen LogP contribution in [0.25, 0.3) is 0 Å². The van der Waals surface area contributed by atoms with E-state index in [0.717, 1.165) is 31.2 Å². The first kappa shape index (κ1) is 20.0. The van der Waals surface area contributed by atoms with Crippen LogP contribution in [0.5, 0.6) is 5.75 Å².